The summed E-state index contributed by atoms with van der Waals surface area (Å²) in [5, 5.41) is 20.4. The van der Waals surface area contributed by atoms with Crippen molar-refractivity contribution < 1.29 is 81.3 Å². The fraction of sp³-hybridized carbons (Fsp3) is 0.714. The minimum absolute atomic E-state index is 0. The Morgan fingerprint density at radius 2 is 1.88 bits per heavy atom. The number of hydrogen-bond acceptors (Lipinski definition) is 13. The minimum atomic E-state index is -5.76. The summed E-state index contributed by atoms with van der Waals surface area (Å²) >= 11 is 0. The topological polar surface area (TPSA) is 219 Å². The molecule has 1 unspecified atom stereocenters. The molecule has 0 aromatic carbocycles. The van der Waals surface area contributed by atoms with Crippen LogP contribution in [-0.4, -0.2) is 83.5 Å². The summed E-state index contributed by atoms with van der Waals surface area (Å²) in [5.74, 6) is -0.0714. The first kappa shape index (κ1) is 29.8. The summed E-state index contributed by atoms with van der Waals surface area (Å²) in [6.07, 6.45) is -4.86. The number of nitrogens with zero attached hydrogens (tertiary/aromatic N) is 3. The largest absolute Gasteiger partial charge is 1.00 e. The van der Waals surface area contributed by atoms with E-state index in [-0.39, 0.29) is 48.5 Å². The molecule has 18 heteroatoms. The fourth-order valence-corrected chi connectivity index (χ4v) is 4.58. The molecule has 15 nitrogen and oxygen atoms in total. The van der Waals surface area contributed by atoms with Crippen molar-refractivity contribution >= 4 is 21.5 Å². The van der Waals surface area contributed by atoms with Gasteiger partial charge in [0.05, 0.1) is 35.6 Å². The van der Waals surface area contributed by atoms with E-state index in [9.17, 15) is 33.9 Å². The number of quaternary nitrogens is 1. The van der Waals surface area contributed by atoms with E-state index < -0.39 is 52.5 Å². The number of anilines is 1. The predicted octanol–water partition coefficient (Wildman–Crippen LogP) is -5.86. The molecule has 0 bridgehead atoms. The molecule has 0 spiro atoms. The summed E-state index contributed by atoms with van der Waals surface area (Å²) in [5.41, 5.74) is 4.53. The molecule has 1 aliphatic heterocycles. The van der Waals surface area contributed by atoms with E-state index in [2.05, 4.69) is 9.29 Å². The maximum Gasteiger partial charge on any atom is 1.00 e. The van der Waals surface area contributed by atoms with Gasteiger partial charge in [0.15, 0.2) is 6.23 Å². The molecule has 2 heterocycles. The third kappa shape index (κ3) is 8.85. The smallest absolute Gasteiger partial charge is 0.789 e. The van der Waals surface area contributed by atoms with Gasteiger partial charge in [0.1, 0.15) is 37.3 Å². The van der Waals surface area contributed by atoms with Gasteiger partial charge in [0.2, 0.25) is 0 Å². The van der Waals surface area contributed by atoms with Crippen molar-refractivity contribution in [3.05, 3.63) is 22.7 Å². The Hall–Kier alpha value is -0.220. The average Bonchev–Trinajstić information content (AvgIpc) is 2.86. The minimum Gasteiger partial charge on any atom is -0.789 e. The molecule has 178 valence electrons. The van der Waals surface area contributed by atoms with Crippen molar-refractivity contribution in [2.24, 2.45) is 0 Å². The van der Waals surface area contributed by atoms with Crippen LogP contribution in [0.4, 0.5) is 5.82 Å². The quantitative estimate of drug-likeness (QED) is 0.152. The number of aliphatic hydroxyl groups excluding tert-OH is 2. The Labute approximate surface area is 205 Å². The molecule has 0 amide bonds. The van der Waals surface area contributed by atoms with E-state index in [1.54, 1.807) is 21.1 Å². The van der Waals surface area contributed by atoms with Gasteiger partial charge in [-0.25, -0.2) is 9.36 Å². The van der Waals surface area contributed by atoms with E-state index in [1.165, 1.54) is 12.3 Å². The van der Waals surface area contributed by atoms with Crippen LogP contribution in [0.25, 0.3) is 0 Å². The molecule has 4 N–H and O–H groups in total. The van der Waals surface area contributed by atoms with Crippen LogP contribution in [0, 0.1) is 0 Å². The van der Waals surface area contributed by atoms with Crippen LogP contribution in [0.5, 0.6) is 0 Å². The Bertz CT molecular complexity index is 921. The van der Waals surface area contributed by atoms with Crippen LogP contribution in [0.1, 0.15) is 6.23 Å². The van der Waals surface area contributed by atoms with E-state index in [0.717, 1.165) is 4.57 Å². The number of ether oxygens (including phenoxy) is 1. The first-order chi connectivity index (χ1) is 14.1. The molecule has 1 fully saturated rings. The Kier molecular flexibility index (Phi) is 10.7. The number of rotatable bonds is 10. The van der Waals surface area contributed by atoms with Gasteiger partial charge in [0, 0.05) is 6.20 Å². The molecular weight excluding hydrogens is 485 g/mol. The van der Waals surface area contributed by atoms with Crippen molar-refractivity contribution in [1.82, 2.24) is 9.55 Å². The van der Waals surface area contributed by atoms with E-state index in [0.29, 0.717) is 4.48 Å². The van der Waals surface area contributed by atoms with Crippen LogP contribution in [0.15, 0.2) is 17.1 Å². The van der Waals surface area contributed by atoms with Crippen LogP contribution in [0.3, 0.4) is 0 Å². The second-order valence-electron chi connectivity index (χ2n) is 7.71. The summed E-state index contributed by atoms with van der Waals surface area (Å²) < 4.78 is 43.9. The summed E-state index contributed by atoms with van der Waals surface area (Å²) in [4.78, 5) is 37.3. The Morgan fingerprint density at radius 3 is 2.41 bits per heavy atom. The van der Waals surface area contributed by atoms with Gasteiger partial charge in [0.25, 0.3) is 0 Å². The number of phosphoric acid groups is 2. The summed E-state index contributed by atoms with van der Waals surface area (Å²) in [7, 11) is -5.33. The molecule has 2 rings (SSSR count). The van der Waals surface area contributed by atoms with Crippen LogP contribution in [-0.2, 0) is 27.2 Å². The van der Waals surface area contributed by atoms with Gasteiger partial charge >= 0.3 is 43.1 Å². The summed E-state index contributed by atoms with van der Waals surface area (Å²) in [6.45, 7) is -0.824. The molecule has 0 radical (unpaired) electrons. The number of nitrogen functional groups attached to an aromatic ring is 1. The third-order valence-corrected chi connectivity index (χ3v) is 6.64. The number of nitrogens with two attached hydrogens (primary N) is 1. The Balaban J connectivity index is 0.00000512. The second-order valence-corrected chi connectivity index (χ2v) is 10.7. The van der Waals surface area contributed by atoms with Gasteiger partial charge < -0.3 is 39.5 Å². The molecule has 0 saturated carbocycles. The van der Waals surface area contributed by atoms with Crippen molar-refractivity contribution in [3.63, 3.8) is 0 Å². The SMILES string of the molecule is C[N+](C)(C)CCOP(=O)(OC[C@@H]1O[C@H](n2ccc(N)nc2=O)[C@@H](O)[C@H]1O)OP(=O)([O-])[O-].[Na+]. The van der Waals surface area contributed by atoms with E-state index in [1.807, 2.05) is 0 Å². The van der Waals surface area contributed by atoms with Crippen molar-refractivity contribution in [2.75, 3.05) is 46.6 Å². The second kappa shape index (κ2) is 11.5. The monoisotopic (exact) mass is 510 g/mol. The molecule has 5 atom stereocenters. The predicted molar refractivity (Wildman–Crippen MR) is 99.9 cm³/mol. The van der Waals surface area contributed by atoms with Gasteiger partial charge in [-0.3, -0.25) is 17.9 Å². The maximum atomic E-state index is 12.6. The number of aromatic nitrogens is 2. The molecule has 1 saturated heterocycles. The van der Waals surface area contributed by atoms with Gasteiger partial charge in [-0.05, 0) is 6.07 Å². The van der Waals surface area contributed by atoms with Crippen molar-refractivity contribution in [3.8, 4) is 0 Å². The summed E-state index contributed by atoms with van der Waals surface area (Å²) in [6, 6.07) is 1.26. The van der Waals surface area contributed by atoms with Gasteiger partial charge in [-0.1, -0.05) is 0 Å². The molecule has 1 aromatic heterocycles. The number of hydrogen-bond donors (Lipinski definition) is 3. The first-order valence-corrected chi connectivity index (χ1v) is 11.8. The third-order valence-electron chi connectivity index (χ3n) is 4.07. The standard InChI is InChI=1S/C14H26N4O11P2.Na/c1-18(2,3)6-7-26-31(25,29-30(22,23)24)27-8-9-11(19)12(20)13(28-9)17-5-4-10(15)16-14(17)21;/h4-5,9,11-13,19-20H,6-8H2,1-3H3,(H3-,15,16,21,22,23,24);/q;+1/p-1/t9-,11-,12-,13-,31?;/m0./s1. The zero-order valence-electron chi connectivity index (χ0n) is 18.0. The van der Waals surface area contributed by atoms with Crippen LogP contribution >= 0.6 is 15.6 Å². The molecular formula is C14H25N4NaO11P2. The van der Waals surface area contributed by atoms with Crippen LogP contribution in [0.2, 0.25) is 0 Å². The zero-order chi connectivity index (χ0) is 23.6. The number of likely N-dealkylation sites (N-methyl/N-ethyl adjacent to an activating group) is 1. The molecule has 1 aliphatic rings. The van der Waals surface area contributed by atoms with Gasteiger partial charge in [-0.15, -0.1) is 0 Å². The number of aliphatic hydroxyl groups is 2. The van der Waals surface area contributed by atoms with Crippen LogP contribution < -0.4 is 50.8 Å². The number of phosphoric ester groups is 1. The normalized spacial score (nSPS) is 25.8. The molecule has 32 heavy (non-hydrogen) atoms. The Morgan fingerprint density at radius 1 is 1.25 bits per heavy atom. The van der Waals surface area contributed by atoms with Gasteiger partial charge in [-0.2, -0.15) is 4.98 Å². The molecule has 1 aromatic rings. The fourth-order valence-electron chi connectivity index (χ4n) is 2.51. The van der Waals surface area contributed by atoms with Crippen molar-refractivity contribution in [2.45, 2.75) is 24.5 Å². The molecule has 0 aliphatic carbocycles. The average molecular weight is 510 g/mol. The van der Waals surface area contributed by atoms with E-state index in [4.69, 9.17) is 19.5 Å². The first-order valence-electron chi connectivity index (χ1n) is 8.89. The van der Waals surface area contributed by atoms with E-state index >= 15 is 0 Å². The maximum absolute atomic E-state index is 12.6. The van der Waals surface area contributed by atoms with Crippen molar-refractivity contribution in [1.29, 1.82) is 0 Å². The zero-order valence-corrected chi connectivity index (χ0v) is 21.8.